The van der Waals surface area contributed by atoms with Crippen LogP contribution in [0.4, 0.5) is 5.69 Å². The molecule has 1 amide bonds. The predicted octanol–water partition coefficient (Wildman–Crippen LogP) is 3.00. The van der Waals surface area contributed by atoms with Crippen LogP contribution in [0.25, 0.3) is 5.76 Å². The number of aliphatic hydroxyl groups excluding tert-OH is 2. The van der Waals surface area contributed by atoms with E-state index in [-0.39, 0.29) is 29.7 Å². The minimum absolute atomic E-state index is 0.0804. The molecule has 5 rings (SSSR count). The van der Waals surface area contributed by atoms with Crippen molar-refractivity contribution < 1.29 is 34.8 Å². The van der Waals surface area contributed by atoms with Crippen molar-refractivity contribution in [3.05, 3.63) is 39.7 Å². The number of aromatic hydroxyl groups is 1. The van der Waals surface area contributed by atoms with Crippen LogP contribution in [0.15, 0.2) is 23.0 Å². The van der Waals surface area contributed by atoms with E-state index < -0.39 is 52.0 Å². The number of hydrogen-bond donors (Lipinski definition) is 5. The van der Waals surface area contributed by atoms with E-state index in [1.807, 2.05) is 25.1 Å². The molecule has 6 N–H and O–H groups in total. The number of amides is 1. The summed E-state index contributed by atoms with van der Waals surface area (Å²) >= 11 is 0. The number of nitrogens with two attached hydrogens (primary N) is 1. The average molecular weight is 525 g/mol. The SMILES string of the molecule is CN(C)c1cc(CCC2CCCCC2)c(O)c2c1CC1CC3CC(=O)C(C(N)=O)=C(O)C3(O)C(=O)C1=C2O. The molecule has 0 heterocycles. The van der Waals surface area contributed by atoms with Crippen molar-refractivity contribution in [3.63, 3.8) is 0 Å². The van der Waals surface area contributed by atoms with Gasteiger partial charge >= 0.3 is 0 Å². The lowest BCUT2D eigenvalue weighted by Crippen LogP contribution is -2.58. The summed E-state index contributed by atoms with van der Waals surface area (Å²) < 4.78 is 0. The highest BCUT2D eigenvalue weighted by Crippen LogP contribution is 2.53. The topological polar surface area (TPSA) is 161 Å². The molecule has 4 aliphatic rings. The van der Waals surface area contributed by atoms with Gasteiger partial charge in [-0.3, -0.25) is 14.4 Å². The predicted molar refractivity (Wildman–Crippen MR) is 141 cm³/mol. The molecule has 0 saturated heterocycles. The Balaban J connectivity index is 1.61. The van der Waals surface area contributed by atoms with Gasteiger partial charge in [-0.2, -0.15) is 0 Å². The summed E-state index contributed by atoms with van der Waals surface area (Å²) in [4.78, 5) is 40.0. The highest BCUT2D eigenvalue weighted by molar-refractivity contribution is 6.22. The van der Waals surface area contributed by atoms with Gasteiger partial charge in [0.2, 0.25) is 5.78 Å². The standard InChI is InChI=1S/C29H36N2O7/c1-31(2)19-12-15(9-8-14-6-4-3-5-7-14)24(33)22-18(19)11-16-10-17-13-20(32)23(28(30)37)27(36)29(17,38)26(35)21(16)25(22)34/h12,14,16-17,33-34,36,38H,3-11,13H2,1-2H3,(H2,30,37). The summed E-state index contributed by atoms with van der Waals surface area (Å²) in [5, 5.41) is 45.0. The number of Topliss-reactive ketones (excluding diaryl/α,β-unsaturated/α-hetero) is 2. The second-order valence-electron chi connectivity index (χ2n) is 11.6. The second-order valence-corrected chi connectivity index (χ2v) is 11.6. The van der Waals surface area contributed by atoms with E-state index in [0.717, 1.165) is 12.1 Å². The number of carbonyl (C=O) groups is 3. The van der Waals surface area contributed by atoms with Crippen LogP contribution >= 0.6 is 0 Å². The molecule has 0 aromatic heterocycles. The van der Waals surface area contributed by atoms with Crippen LogP contribution in [-0.4, -0.2) is 57.6 Å². The first-order chi connectivity index (χ1) is 18.0. The van der Waals surface area contributed by atoms with Crippen molar-refractivity contribution in [3.8, 4) is 5.75 Å². The number of aryl methyl sites for hydroxylation is 1. The zero-order valence-corrected chi connectivity index (χ0v) is 21.9. The van der Waals surface area contributed by atoms with Gasteiger partial charge in [-0.25, -0.2) is 0 Å². The Kier molecular flexibility index (Phi) is 6.54. The number of hydrogen-bond acceptors (Lipinski definition) is 8. The van der Waals surface area contributed by atoms with Crippen molar-refractivity contribution in [1.82, 2.24) is 0 Å². The number of benzene rings is 1. The van der Waals surface area contributed by atoms with E-state index in [1.165, 1.54) is 32.1 Å². The molecule has 2 fully saturated rings. The minimum Gasteiger partial charge on any atom is -0.508 e. The molecule has 0 spiro atoms. The van der Waals surface area contributed by atoms with Crippen LogP contribution in [0.2, 0.25) is 0 Å². The molecule has 1 aromatic rings. The summed E-state index contributed by atoms with van der Waals surface area (Å²) in [5.41, 5.74) is 4.20. The number of fused-ring (bicyclic) bond motifs is 3. The zero-order chi connectivity index (χ0) is 27.5. The first-order valence-electron chi connectivity index (χ1n) is 13.5. The number of anilines is 1. The van der Waals surface area contributed by atoms with Crippen LogP contribution in [0.1, 0.15) is 68.1 Å². The largest absolute Gasteiger partial charge is 0.508 e. The first kappa shape index (κ1) is 26.3. The van der Waals surface area contributed by atoms with Gasteiger partial charge in [0, 0.05) is 37.7 Å². The van der Waals surface area contributed by atoms with Crippen molar-refractivity contribution in [2.75, 3.05) is 19.0 Å². The molecule has 0 bridgehead atoms. The van der Waals surface area contributed by atoms with Gasteiger partial charge in [0.1, 0.15) is 22.8 Å². The van der Waals surface area contributed by atoms with Crippen LogP contribution in [-0.2, 0) is 27.2 Å². The normalized spacial score (nSPS) is 27.7. The van der Waals surface area contributed by atoms with E-state index in [4.69, 9.17) is 5.73 Å². The molecule has 1 aromatic carbocycles. The third kappa shape index (κ3) is 3.90. The van der Waals surface area contributed by atoms with E-state index in [2.05, 4.69) is 0 Å². The zero-order valence-electron chi connectivity index (χ0n) is 21.9. The summed E-state index contributed by atoms with van der Waals surface area (Å²) in [6, 6.07) is 1.95. The van der Waals surface area contributed by atoms with Gasteiger partial charge in [0.15, 0.2) is 11.4 Å². The Morgan fingerprint density at radius 1 is 1.11 bits per heavy atom. The van der Waals surface area contributed by atoms with Crippen molar-refractivity contribution in [2.24, 2.45) is 23.5 Å². The minimum atomic E-state index is -2.55. The number of ketones is 2. The maximum atomic E-state index is 13.8. The fraction of sp³-hybridized carbons (Fsp3) is 0.552. The van der Waals surface area contributed by atoms with Gasteiger partial charge < -0.3 is 31.1 Å². The number of phenolic OH excluding ortho intramolecular Hbond substituents is 1. The molecule has 2 saturated carbocycles. The molecule has 3 atom stereocenters. The van der Waals surface area contributed by atoms with E-state index >= 15 is 0 Å². The molecule has 0 radical (unpaired) electrons. The Labute approximate surface area is 221 Å². The fourth-order valence-electron chi connectivity index (χ4n) is 7.15. The lowest BCUT2D eigenvalue weighted by atomic mass is 9.59. The highest BCUT2D eigenvalue weighted by atomic mass is 16.3. The van der Waals surface area contributed by atoms with E-state index in [0.29, 0.717) is 29.9 Å². The van der Waals surface area contributed by atoms with Gasteiger partial charge in [-0.15, -0.1) is 0 Å². The molecule has 9 nitrogen and oxygen atoms in total. The highest BCUT2D eigenvalue weighted by Gasteiger charge is 2.60. The molecule has 4 aliphatic carbocycles. The number of aliphatic hydroxyl groups is 3. The molecular formula is C29H36N2O7. The quantitative estimate of drug-likeness (QED) is 0.367. The molecule has 3 unspecified atom stereocenters. The van der Waals surface area contributed by atoms with Crippen molar-refractivity contribution in [1.29, 1.82) is 0 Å². The van der Waals surface area contributed by atoms with Gasteiger partial charge in [-0.05, 0) is 54.7 Å². The molecule has 0 aliphatic heterocycles. The summed E-state index contributed by atoms with van der Waals surface area (Å²) in [7, 11) is 3.76. The lowest BCUT2D eigenvalue weighted by molar-refractivity contribution is -0.147. The Morgan fingerprint density at radius 2 is 1.79 bits per heavy atom. The monoisotopic (exact) mass is 524 g/mol. The lowest BCUT2D eigenvalue weighted by Gasteiger charge is -2.46. The molecule has 38 heavy (non-hydrogen) atoms. The van der Waals surface area contributed by atoms with Gasteiger partial charge in [0.05, 0.1) is 5.56 Å². The van der Waals surface area contributed by atoms with Gasteiger partial charge in [0.25, 0.3) is 5.91 Å². The molecule has 204 valence electrons. The number of primary amides is 1. The Bertz CT molecular complexity index is 1290. The van der Waals surface area contributed by atoms with E-state index in [1.54, 1.807) is 0 Å². The maximum Gasteiger partial charge on any atom is 0.255 e. The van der Waals surface area contributed by atoms with Crippen molar-refractivity contribution in [2.45, 2.75) is 69.8 Å². The van der Waals surface area contributed by atoms with Crippen molar-refractivity contribution >= 4 is 28.9 Å². The first-order valence-corrected chi connectivity index (χ1v) is 13.5. The Hall–Kier alpha value is -3.33. The average Bonchev–Trinajstić information content (AvgIpc) is 2.86. The smallest absolute Gasteiger partial charge is 0.255 e. The number of phenols is 1. The van der Waals surface area contributed by atoms with Crippen LogP contribution in [0.5, 0.6) is 5.75 Å². The van der Waals surface area contributed by atoms with Gasteiger partial charge in [-0.1, -0.05) is 32.1 Å². The van der Waals surface area contributed by atoms with E-state index in [9.17, 15) is 34.8 Å². The summed E-state index contributed by atoms with van der Waals surface area (Å²) in [5.74, 6) is -5.40. The number of rotatable bonds is 5. The molecule has 9 heteroatoms. The molecular weight excluding hydrogens is 488 g/mol. The summed E-state index contributed by atoms with van der Waals surface area (Å²) in [6.45, 7) is 0. The van der Waals surface area contributed by atoms with Crippen LogP contribution in [0, 0.1) is 17.8 Å². The maximum absolute atomic E-state index is 13.8. The number of nitrogens with zero attached hydrogens (tertiary/aromatic N) is 1. The van der Waals surface area contributed by atoms with Crippen LogP contribution < -0.4 is 10.6 Å². The second kappa shape index (κ2) is 9.45. The van der Waals surface area contributed by atoms with Crippen LogP contribution in [0.3, 0.4) is 0 Å². The third-order valence-corrected chi connectivity index (χ3v) is 9.15. The number of carbonyl (C=O) groups excluding carboxylic acids is 3. The third-order valence-electron chi connectivity index (χ3n) is 9.15. The Morgan fingerprint density at radius 3 is 2.42 bits per heavy atom. The fourth-order valence-corrected chi connectivity index (χ4v) is 7.15. The summed E-state index contributed by atoms with van der Waals surface area (Å²) in [6.07, 6.45) is 7.69.